The zero-order chi connectivity index (χ0) is 16.1. The number of carbonyl (C=O) groups excluding carboxylic acids is 1. The molecule has 116 valence electrons. The highest BCUT2D eigenvalue weighted by Crippen LogP contribution is 2.17. The molecule has 0 fully saturated rings. The fourth-order valence-electron chi connectivity index (χ4n) is 2.50. The first-order chi connectivity index (χ1) is 10.5. The van der Waals surface area contributed by atoms with Crippen LogP contribution in [0, 0.1) is 20.8 Å². The molecular weight excluding hydrogens is 272 g/mol. The van der Waals surface area contributed by atoms with Crippen molar-refractivity contribution >= 4 is 11.6 Å². The monoisotopic (exact) mass is 296 g/mol. The van der Waals surface area contributed by atoms with Crippen LogP contribution < -0.4 is 5.32 Å². The van der Waals surface area contributed by atoms with E-state index in [1.807, 2.05) is 31.0 Å². The number of likely N-dealkylation sites (N-methyl/N-ethyl adjacent to an activating group) is 1. The second kappa shape index (κ2) is 7.23. The maximum atomic E-state index is 12.2. The normalized spacial score (nSPS) is 10.8. The zero-order valence-electron chi connectivity index (χ0n) is 13.8. The van der Waals surface area contributed by atoms with Crippen LogP contribution in [0.4, 0.5) is 5.69 Å². The molecule has 0 atom stereocenters. The van der Waals surface area contributed by atoms with Gasteiger partial charge < -0.3 is 5.32 Å². The van der Waals surface area contributed by atoms with E-state index in [1.54, 1.807) is 0 Å². The Kier molecular flexibility index (Phi) is 5.34. The van der Waals surface area contributed by atoms with Gasteiger partial charge in [0.1, 0.15) is 0 Å². The molecule has 1 N–H and O–H groups in total. The largest absolute Gasteiger partial charge is 0.325 e. The summed E-state index contributed by atoms with van der Waals surface area (Å²) in [6, 6.07) is 14.3. The molecule has 3 nitrogen and oxygen atoms in total. The number of nitrogens with one attached hydrogen (secondary N) is 1. The minimum Gasteiger partial charge on any atom is -0.325 e. The van der Waals surface area contributed by atoms with Crippen molar-refractivity contribution in [1.29, 1.82) is 0 Å². The average molecular weight is 296 g/mol. The Bertz CT molecular complexity index is 664. The van der Waals surface area contributed by atoms with E-state index < -0.39 is 0 Å². The highest BCUT2D eigenvalue weighted by atomic mass is 16.2. The van der Waals surface area contributed by atoms with Crippen LogP contribution in [0.3, 0.4) is 0 Å². The van der Waals surface area contributed by atoms with Crippen molar-refractivity contribution in [2.24, 2.45) is 0 Å². The highest BCUT2D eigenvalue weighted by Gasteiger charge is 2.09. The second-order valence-electron chi connectivity index (χ2n) is 5.96. The van der Waals surface area contributed by atoms with Gasteiger partial charge in [-0.3, -0.25) is 9.69 Å². The van der Waals surface area contributed by atoms with Gasteiger partial charge in [-0.1, -0.05) is 42.0 Å². The minimum absolute atomic E-state index is 0.0175. The first kappa shape index (κ1) is 16.2. The molecule has 2 rings (SSSR count). The summed E-state index contributed by atoms with van der Waals surface area (Å²) in [7, 11) is 1.96. The minimum atomic E-state index is 0.0175. The molecule has 1 amide bonds. The van der Waals surface area contributed by atoms with Crippen LogP contribution in [0.1, 0.15) is 22.3 Å². The third-order valence-corrected chi connectivity index (χ3v) is 3.83. The van der Waals surface area contributed by atoms with Crippen molar-refractivity contribution in [3.05, 3.63) is 64.7 Å². The summed E-state index contributed by atoms with van der Waals surface area (Å²) in [5.74, 6) is 0.0175. The number of rotatable bonds is 5. The molecule has 0 bridgehead atoms. The van der Waals surface area contributed by atoms with Gasteiger partial charge >= 0.3 is 0 Å². The van der Waals surface area contributed by atoms with Crippen molar-refractivity contribution in [2.75, 3.05) is 18.9 Å². The third-order valence-electron chi connectivity index (χ3n) is 3.83. The van der Waals surface area contributed by atoms with Crippen molar-refractivity contribution in [3.8, 4) is 0 Å². The molecule has 0 aliphatic rings. The lowest BCUT2D eigenvalue weighted by Crippen LogP contribution is -2.30. The Hall–Kier alpha value is -2.13. The van der Waals surface area contributed by atoms with Crippen LogP contribution in [0.5, 0.6) is 0 Å². The lowest BCUT2D eigenvalue weighted by molar-refractivity contribution is -0.117. The Labute approximate surface area is 133 Å². The number of anilines is 1. The van der Waals surface area contributed by atoms with E-state index in [1.165, 1.54) is 16.7 Å². The maximum absolute atomic E-state index is 12.2. The fourth-order valence-corrected chi connectivity index (χ4v) is 2.50. The van der Waals surface area contributed by atoms with Crippen molar-refractivity contribution in [1.82, 2.24) is 4.90 Å². The summed E-state index contributed by atoms with van der Waals surface area (Å²) in [6.07, 6.45) is 0. The molecule has 22 heavy (non-hydrogen) atoms. The molecule has 2 aromatic rings. The van der Waals surface area contributed by atoms with Crippen molar-refractivity contribution in [3.63, 3.8) is 0 Å². The van der Waals surface area contributed by atoms with Crippen LogP contribution in [0.15, 0.2) is 42.5 Å². The number of amides is 1. The number of carbonyl (C=O) groups is 1. The lowest BCUT2D eigenvalue weighted by atomic mass is 10.1. The summed E-state index contributed by atoms with van der Waals surface area (Å²) in [6.45, 7) is 7.30. The van der Waals surface area contributed by atoms with E-state index in [9.17, 15) is 4.79 Å². The average Bonchev–Trinajstić information content (AvgIpc) is 2.43. The van der Waals surface area contributed by atoms with Crippen LogP contribution >= 0.6 is 0 Å². The van der Waals surface area contributed by atoms with Crippen LogP contribution in [-0.4, -0.2) is 24.4 Å². The first-order valence-electron chi connectivity index (χ1n) is 7.56. The number of aryl methyl sites for hydroxylation is 2. The van der Waals surface area contributed by atoms with Crippen LogP contribution in [0.2, 0.25) is 0 Å². The van der Waals surface area contributed by atoms with E-state index in [4.69, 9.17) is 0 Å². The van der Waals surface area contributed by atoms with E-state index >= 15 is 0 Å². The standard InChI is InChI=1S/C19H24N2O/c1-14-7-5-9-17(11-14)12-21(4)13-19(22)20-18-10-6-8-15(2)16(18)3/h5-11H,12-13H2,1-4H3,(H,20,22). The van der Waals surface area contributed by atoms with Crippen LogP contribution in [-0.2, 0) is 11.3 Å². The molecule has 0 saturated heterocycles. The number of nitrogens with zero attached hydrogens (tertiary/aromatic N) is 1. The van der Waals surface area contributed by atoms with Crippen molar-refractivity contribution < 1.29 is 4.79 Å². The third kappa shape index (κ3) is 4.43. The summed E-state index contributed by atoms with van der Waals surface area (Å²) >= 11 is 0. The molecule has 0 heterocycles. The van der Waals surface area contributed by atoms with Gasteiger partial charge in [0.15, 0.2) is 0 Å². The lowest BCUT2D eigenvalue weighted by Gasteiger charge is -2.17. The van der Waals surface area contributed by atoms with Gasteiger partial charge in [0.2, 0.25) is 5.91 Å². The Morgan fingerprint density at radius 1 is 1.09 bits per heavy atom. The number of hydrogen-bond donors (Lipinski definition) is 1. The SMILES string of the molecule is Cc1cccc(CN(C)CC(=O)Nc2cccc(C)c2C)c1. The fraction of sp³-hybridized carbons (Fsp3) is 0.316. The van der Waals surface area contributed by atoms with Gasteiger partial charge in [-0.05, 0) is 50.6 Å². The van der Waals surface area contributed by atoms with Crippen LogP contribution in [0.25, 0.3) is 0 Å². The molecule has 0 radical (unpaired) electrons. The summed E-state index contributed by atoms with van der Waals surface area (Å²) in [5.41, 5.74) is 5.67. The predicted molar refractivity (Wildman–Crippen MR) is 92.1 cm³/mol. The predicted octanol–water partition coefficient (Wildman–Crippen LogP) is 3.68. The highest BCUT2D eigenvalue weighted by molar-refractivity contribution is 5.93. The molecule has 3 heteroatoms. The van der Waals surface area contributed by atoms with Crippen molar-refractivity contribution in [2.45, 2.75) is 27.3 Å². The van der Waals surface area contributed by atoms with E-state index in [0.717, 1.165) is 17.8 Å². The molecule has 0 aromatic heterocycles. The Morgan fingerprint density at radius 2 is 1.82 bits per heavy atom. The van der Waals surface area contributed by atoms with Gasteiger partial charge in [-0.15, -0.1) is 0 Å². The molecule has 0 unspecified atom stereocenters. The van der Waals surface area contributed by atoms with E-state index in [-0.39, 0.29) is 5.91 Å². The molecular formula is C19H24N2O. The second-order valence-corrected chi connectivity index (χ2v) is 5.96. The quantitative estimate of drug-likeness (QED) is 0.913. The smallest absolute Gasteiger partial charge is 0.238 e. The molecule has 2 aromatic carbocycles. The van der Waals surface area contributed by atoms with Gasteiger partial charge in [0.25, 0.3) is 0 Å². The molecule has 0 aliphatic carbocycles. The molecule has 0 saturated carbocycles. The van der Waals surface area contributed by atoms with Gasteiger partial charge in [-0.2, -0.15) is 0 Å². The number of benzene rings is 2. The summed E-state index contributed by atoms with van der Waals surface area (Å²) in [4.78, 5) is 14.2. The summed E-state index contributed by atoms with van der Waals surface area (Å²) in [5, 5.41) is 3.00. The van der Waals surface area contributed by atoms with E-state index in [2.05, 4.69) is 49.5 Å². The van der Waals surface area contributed by atoms with Gasteiger partial charge in [0.05, 0.1) is 6.54 Å². The Balaban J connectivity index is 1.92. The Morgan fingerprint density at radius 3 is 2.55 bits per heavy atom. The van der Waals surface area contributed by atoms with Gasteiger partial charge in [-0.25, -0.2) is 0 Å². The zero-order valence-corrected chi connectivity index (χ0v) is 13.8. The molecule has 0 spiro atoms. The van der Waals surface area contributed by atoms with E-state index in [0.29, 0.717) is 6.54 Å². The maximum Gasteiger partial charge on any atom is 0.238 e. The van der Waals surface area contributed by atoms with Gasteiger partial charge in [0, 0.05) is 12.2 Å². The first-order valence-corrected chi connectivity index (χ1v) is 7.56. The number of hydrogen-bond acceptors (Lipinski definition) is 2. The molecule has 0 aliphatic heterocycles. The topological polar surface area (TPSA) is 32.3 Å². The summed E-state index contributed by atoms with van der Waals surface area (Å²) < 4.78 is 0.